The predicted octanol–water partition coefficient (Wildman–Crippen LogP) is 3.15. The van der Waals surface area contributed by atoms with Crippen molar-refractivity contribution in [1.29, 1.82) is 0 Å². The Kier molecular flexibility index (Phi) is 5.37. The molecule has 4 nitrogen and oxygen atoms in total. The van der Waals surface area contributed by atoms with Crippen LogP contribution < -0.4 is 0 Å². The second-order valence-electron chi connectivity index (χ2n) is 4.89. The van der Waals surface area contributed by atoms with Crippen molar-refractivity contribution >= 4 is 46.3 Å². The van der Waals surface area contributed by atoms with Gasteiger partial charge in [-0.05, 0) is 32.4 Å². The first-order valence-electron chi connectivity index (χ1n) is 6.94. The summed E-state index contributed by atoms with van der Waals surface area (Å²) >= 11 is 6.44. The monoisotopic (exact) mass is 335 g/mol. The molecule has 1 aromatic carbocycles. The van der Waals surface area contributed by atoms with Gasteiger partial charge in [0.1, 0.15) is 10.4 Å². The summed E-state index contributed by atoms with van der Waals surface area (Å²) in [6, 6.07) is 7.13. The van der Waals surface area contributed by atoms with Crippen LogP contribution in [0, 0.1) is 6.92 Å². The van der Waals surface area contributed by atoms with E-state index in [2.05, 4.69) is 0 Å². The van der Waals surface area contributed by atoms with Crippen LogP contribution in [0.4, 0.5) is 0 Å². The Balaban J connectivity index is 2.21. The molecule has 0 aromatic heterocycles. The Morgan fingerprint density at radius 2 is 2.05 bits per heavy atom. The van der Waals surface area contributed by atoms with Crippen LogP contribution in [-0.4, -0.2) is 33.7 Å². The first-order chi connectivity index (χ1) is 10.4. The number of thiocarbonyl (C=S) groups is 1. The van der Waals surface area contributed by atoms with E-state index < -0.39 is 12.0 Å². The first-order valence-corrected chi connectivity index (χ1v) is 8.17. The van der Waals surface area contributed by atoms with Crippen LogP contribution in [0.25, 0.3) is 6.08 Å². The summed E-state index contributed by atoms with van der Waals surface area (Å²) in [5, 5.41) is 0. The molecule has 1 saturated heterocycles. The van der Waals surface area contributed by atoms with Crippen molar-refractivity contribution in [3.05, 3.63) is 40.3 Å². The minimum Gasteiger partial charge on any atom is -0.464 e. The van der Waals surface area contributed by atoms with Gasteiger partial charge in [0.15, 0.2) is 0 Å². The lowest BCUT2D eigenvalue weighted by Crippen LogP contribution is -2.42. The summed E-state index contributed by atoms with van der Waals surface area (Å²) in [7, 11) is 0. The van der Waals surface area contributed by atoms with Gasteiger partial charge in [-0.25, -0.2) is 4.79 Å². The van der Waals surface area contributed by atoms with Crippen LogP contribution in [0.1, 0.15) is 25.0 Å². The molecule has 1 atom stereocenters. The van der Waals surface area contributed by atoms with Crippen LogP contribution in [0.2, 0.25) is 0 Å². The Bertz CT molecular complexity index is 637. The Morgan fingerprint density at radius 1 is 1.41 bits per heavy atom. The van der Waals surface area contributed by atoms with Crippen molar-refractivity contribution in [1.82, 2.24) is 4.90 Å². The number of hydrogen-bond acceptors (Lipinski definition) is 5. The normalized spacial score (nSPS) is 18.0. The van der Waals surface area contributed by atoms with Gasteiger partial charge in [-0.2, -0.15) is 0 Å². The zero-order valence-electron chi connectivity index (χ0n) is 12.7. The Morgan fingerprint density at radius 3 is 2.64 bits per heavy atom. The van der Waals surface area contributed by atoms with Crippen LogP contribution >= 0.6 is 24.0 Å². The molecule has 1 aromatic rings. The van der Waals surface area contributed by atoms with Gasteiger partial charge in [-0.1, -0.05) is 53.8 Å². The maximum atomic E-state index is 12.5. The molecule has 22 heavy (non-hydrogen) atoms. The van der Waals surface area contributed by atoms with Gasteiger partial charge in [0.2, 0.25) is 0 Å². The van der Waals surface area contributed by atoms with E-state index >= 15 is 0 Å². The number of aryl methyl sites for hydroxylation is 1. The molecule has 0 aliphatic carbocycles. The van der Waals surface area contributed by atoms with Gasteiger partial charge in [-0.3, -0.25) is 9.69 Å². The Hall–Kier alpha value is -1.66. The van der Waals surface area contributed by atoms with E-state index in [-0.39, 0.29) is 12.5 Å². The van der Waals surface area contributed by atoms with Crippen molar-refractivity contribution < 1.29 is 14.3 Å². The smallest absolute Gasteiger partial charge is 0.329 e. The van der Waals surface area contributed by atoms with E-state index in [0.29, 0.717) is 9.23 Å². The van der Waals surface area contributed by atoms with E-state index in [1.54, 1.807) is 19.9 Å². The van der Waals surface area contributed by atoms with Gasteiger partial charge in [-0.15, -0.1) is 0 Å². The van der Waals surface area contributed by atoms with Gasteiger partial charge in [0.25, 0.3) is 5.91 Å². The number of benzene rings is 1. The first kappa shape index (κ1) is 16.7. The number of carbonyl (C=O) groups is 2. The van der Waals surface area contributed by atoms with E-state index in [4.69, 9.17) is 17.0 Å². The van der Waals surface area contributed by atoms with Crippen molar-refractivity contribution in [2.45, 2.75) is 26.8 Å². The van der Waals surface area contributed by atoms with Gasteiger partial charge >= 0.3 is 5.97 Å². The molecule has 1 fully saturated rings. The highest BCUT2D eigenvalue weighted by Gasteiger charge is 2.38. The summed E-state index contributed by atoms with van der Waals surface area (Å²) < 4.78 is 5.34. The number of esters is 1. The lowest BCUT2D eigenvalue weighted by Gasteiger charge is -2.21. The molecular weight excluding hydrogens is 318 g/mol. The molecule has 0 bridgehead atoms. The number of hydrogen-bond donors (Lipinski definition) is 0. The standard InChI is InChI=1S/C16H17NO3S2/c1-4-20-15(19)11(3)17-14(18)13(22-16(17)21)9-12-7-5-10(2)6-8-12/h5-9,11H,4H2,1-3H3/b13-9-. The van der Waals surface area contributed by atoms with Gasteiger partial charge in [0, 0.05) is 0 Å². The van der Waals surface area contributed by atoms with Crippen molar-refractivity contribution in [3.8, 4) is 0 Å². The average molecular weight is 335 g/mol. The SMILES string of the molecule is CCOC(=O)C(C)N1C(=O)/C(=C/c2ccc(C)cc2)SC1=S. The van der Waals surface area contributed by atoms with E-state index in [0.717, 1.165) is 11.1 Å². The van der Waals surface area contributed by atoms with Crippen LogP contribution in [0.3, 0.4) is 0 Å². The second-order valence-corrected chi connectivity index (χ2v) is 6.57. The largest absolute Gasteiger partial charge is 0.464 e. The number of rotatable bonds is 4. The highest BCUT2D eigenvalue weighted by Crippen LogP contribution is 2.34. The minimum absolute atomic E-state index is 0.254. The molecule has 1 aliphatic rings. The fraction of sp³-hybridized carbons (Fsp3) is 0.312. The maximum Gasteiger partial charge on any atom is 0.329 e. The third kappa shape index (κ3) is 3.56. The third-order valence-electron chi connectivity index (χ3n) is 3.21. The summed E-state index contributed by atoms with van der Waals surface area (Å²) in [4.78, 5) is 26.1. The molecular formula is C16H17NO3S2. The van der Waals surface area contributed by atoms with E-state index in [1.165, 1.54) is 16.7 Å². The molecule has 0 spiro atoms. The molecule has 1 heterocycles. The third-order valence-corrected chi connectivity index (χ3v) is 4.54. The highest BCUT2D eigenvalue weighted by molar-refractivity contribution is 8.26. The number of carbonyl (C=O) groups excluding carboxylic acids is 2. The average Bonchev–Trinajstić information content (AvgIpc) is 2.75. The summed E-state index contributed by atoms with van der Waals surface area (Å²) in [6.45, 7) is 5.63. The quantitative estimate of drug-likeness (QED) is 0.480. The molecule has 1 aliphatic heterocycles. The second kappa shape index (κ2) is 7.07. The molecule has 6 heteroatoms. The predicted molar refractivity (Wildman–Crippen MR) is 92.3 cm³/mol. The molecule has 116 valence electrons. The zero-order chi connectivity index (χ0) is 16.3. The van der Waals surface area contributed by atoms with E-state index in [1.807, 2.05) is 31.2 Å². The zero-order valence-corrected chi connectivity index (χ0v) is 14.3. The van der Waals surface area contributed by atoms with Crippen LogP contribution in [0.5, 0.6) is 0 Å². The lowest BCUT2D eigenvalue weighted by atomic mass is 10.1. The Labute approximate surface area is 139 Å². The topological polar surface area (TPSA) is 46.6 Å². The van der Waals surface area contributed by atoms with Gasteiger partial charge in [0.05, 0.1) is 11.5 Å². The fourth-order valence-electron chi connectivity index (χ4n) is 2.00. The van der Waals surface area contributed by atoms with E-state index in [9.17, 15) is 9.59 Å². The maximum absolute atomic E-state index is 12.5. The summed E-state index contributed by atoms with van der Waals surface area (Å²) in [5.74, 6) is -0.702. The lowest BCUT2D eigenvalue weighted by molar-refractivity contribution is -0.149. The molecule has 0 radical (unpaired) electrons. The number of ether oxygens (including phenoxy) is 1. The molecule has 2 rings (SSSR count). The summed E-state index contributed by atoms with van der Waals surface area (Å²) in [5.41, 5.74) is 2.08. The van der Waals surface area contributed by atoms with Crippen molar-refractivity contribution in [2.24, 2.45) is 0 Å². The van der Waals surface area contributed by atoms with Crippen molar-refractivity contribution in [2.75, 3.05) is 6.61 Å². The van der Waals surface area contributed by atoms with Gasteiger partial charge < -0.3 is 4.74 Å². The number of nitrogens with zero attached hydrogens (tertiary/aromatic N) is 1. The molecule has 1 unspecified atom stereocenters. The minimum atomic E-state index is -0.712. The van der Waals surface area contributed by atoms with Crippen LogP contribution in [-0.2, 0) is 14.3 Å². The fourth-order valence-corrected chi connectivity index (χ4v) is 3.41. The molecule has 0 N–H and O–H groups in total. The molecule has 0 saturated carbocycles. The summed E-state index contributed by atoms with van der Waals surface area (Å²) in [6.07, 6.45) is 1.79. The molecule has 1 amide bonds. The highest BCUT2D eigenvalue weighted by atomic mass is 32.2. The van der Waals surface area contributed by atoms with Crippen molar-refractivity contribution in [3.63, 3.8) is 0 Å². The number of amides is 1. The van der Waals surface area contributed by atoms with Crippen LogP contribution in [0.15, 0.2) is 29.2 Å². The number of thioether (sulfide) groups is 1.